The van der Waals surface area contributed by atoms with Crippen molar-refractivity contribution in [2.24, 2.45) is 0 Å². The fraction of sp³-hybridized carbons (Fsp3) is 0.227. The van der Waals surface area contributed by atoms with E-state index in [-0.39, 0.29) is 36.8 Å². The van der Waals surface area contributed by atoms with E-state index in [4.69, 9.17) is 5.73 Å². The van der Waals surface area contributed by atoms with E-state index in [0.717, 1.165) is 10.1 Å². The lowest BCUT2D eigenvalue weighted by Gasteiger charge is -2.16. The average molecular weight is 444 g/mol. The van der Waals surface area contributed by atoms with Crippen LogP contribution in [0, 0.1) is 0 Å². The third-order valence-electron chi connectivity index (χ3n) is 4.78. The predicted octanol–water partition coefficient (Wildman–Crippen LogP) is 2.56. The fourth-order valence-corrected chi connectivity index (χ4v) is 3.20. The molecular weight excluding hydrogens is 422 g/mol. The highest BCUT2D eigenvalue weighted by Crippen LogP contribution is 2.18. The molecular formula is C22H22F2N4O4. The molecule has 0 saturated heterocycles. The molecule has 10 heteroatoms. The van der Waals surface area contributed by atoms with Gasteiger partial charge in [0.25, 0.3) is 5.56 Å². The van der Waals surface area contributed by atoms with Crippen LogP contribution in [0.2, 0.25) is 0 Å². The van der Waals surface area contributed by atoms with Crippen LogP contribution in [-0.2, 0) is 13.1 Å². The van der Waals surface area contributed by atoms with Gasteiger partial charge in [0.1, 0.15) is 17.1 Å². The number of hydrogen-bond acceptors (Lipinski definition) is 6. The van der Waals surface area contributed by atoms with Gasteiger partial charge in [-0.05, 0) is 36.8 Å². The summed E-state index contributed by atoms with van der Waals surface area (Å²) in [5, 5.41) is 2.82. The van der Waals surface area contributed by atoms with Crippen LogP contribution < -0.4 is 27.0 Å². The predicted molar refractivity (Wildman–Crippen MR) is 116 cm³/mol. The lowest BCUT2D eigenvalue weighted by atomic mass is 10.1. The molecule has 0 atom stereocenters. The van der Waals surface area contributed by atoms with Gasteiger partial charge in [0.2, 0.25) is 0 Å². The SMILES string of the molecule is CCn1c(=O)c(C(=O)CNc2ccc(OC(F)F)cc2)c(N)n(Cc2ccccc2)c1=O. The number of ketones is 1. The monoisotopic (exact) mass is 444 g/mol. The largest absolute Gasteiger partial charge is 0.435 e. The standard InChI is InChI=1S/C22H22F2N4O4/c1-2-27-20(30)18(19(25)28(22(27)31)13-14-6-4-3-5-7-14)17(29)12-26-15-8-10-16(11-9-15)32-21(23)24/h3-11,21,26H,2,12-13,25H2,1H3. The number of nitrogens with two attached hydrogens (primary N) is 1. The van der Waals surface area contributed by atoms with Crippen LogP contribution >= 0.6 is 0 Å². The zero-order valence-electron chi connectivity index (χ0n) is 17.3. The van der Waals surface area contributed by atoms with Crippen molar-refractivity contribution in [3.05, 3.63) is 86.6 Å². The van der Waals surface area contributed by atoms with Crippen LogP contribution in [0.4, 0.5) is 20.3 Å². The minimum atomic E-state index is -2.94. The third-order valence-corrected chi connectivity index (χ3v) is 4.78. The molecule has 3 aromatic rings. The highest BCUT2D eigenvalue weighted by molar-refractivity contribution is 6.02. The van der Waals surface area contributed by atoms with Crippen molar-refractivity contribution in [3.63, 3.8) is 0 Å². The summed E-state index contributed by atoms with van der Waals surface area (Å²) in [6, 6.07) is 14.6. The highest BCUT2D eigenvalue weighted by Gasteiger charge is 2.22. The molecule has 0 aliphatic carbocycles. The first-order chi connectivity index (χ1) is 15.3. The lowest BCUT2D eigenvalue weighted by molar-refractivity contribution is -0.0498. The Labute approximate surface area is 181 Å². The van der Waals surface area contributed by atoms with Crippen molar-refractivity contribution in [2.75, 3.05) is 17.6 Å². The molecule has 168 valence electrons. The smallest absolute Gasteiger partial charge is 0.387 e. The van der Waals surface area contributed by atoms with E-state index in [1.54, 1.807) is 31.2 Å². The summed E-state index contributed by atoms with van der Waals surface area (Å²) >= 11 is 0. The van der Waals surface area contributed by atoms with Crippen molar-refractivity contribution in [1.82, 2.24) is 9.13 Å². The maximum atomic E-state index is 12.9. The topological polar surface area (TPSA) is 108 Å². The van der Waals surface area contributed by atoms with E-state index in [1.165, 1.54) is 28.8 Å². The zero-order chi connectivity index (χ0) is 23.3. The van der Waals surface area contributed by atoms with Gasteiger partial charge in [0.15, 0.2) is 5.78 Å². The molecule has 0 aliphatic rings. The summed E-state index contributed by atoms with van der Waals surface area (Å²) < 4.78 is 30.9. The number of carbonyl (C=O) groups is 1. The minimum absolute atomic E-state index is 0.0278. The number of aromatic nitrogens is 2. The molecule has 0 aliphatic heterocycles. The van der Waals surface area contributed by atoms with E-state index >= 15 is 0 Å². The lowest BCUT2D eigenvalue weighted by Crippen LogP contribution is -2.44. The molecule has 0 unspecified atom stereocenters. The quantitative estimate of drug-likeness (QED) is 0.491. The van der Waals surface area contributed by atoms with Gasteiger partial charge in [-0.3, -0.25) is 18.7 Å². The number of alkyl halides is 2. The molecule has 3 rings (SSSR count). The van der Waals surface area contributed by atoms with E-state index in [2.05, 4.69) is 10.1 Å². The molecule has 32 heavy (non-hydrogen) atoms. The van der Waals surface area contributed by atoms with Crippen molar-refractivity contribution in [2.45, 2.75) is 26.6 Å². The second-order valence-electron chi connectivity index (χ2n) is 6.84. The van der Waals surface area contributed by atoms with Crippen molar-refractivity contribution >= 4 is 17.3 Å². The van der Waals surface area contributed by atoms with Crippen LogP contribution in [0.15, 0.2) is 64.2 Å². The van der Waals surface area contributed by atoms with Crippen molar-refractivity contribution in [1.29, 1.82) is 0 Å². The number of hydrogen-bond donors (Lipinski definition) is 2. The number of nitrogens with zero attached hydrogens (tertiary/aromatic N) is 2. The third kappa shape index (κ3) is 5.02. The Morgan fingerprint density at radius 1 is 1.06 bits per heavy atom. The van der Waals surface area contributed by atoms with Gasteiger partial charge in [0, 0.05) is 12.2 Å². The fourth-order valence-electron chi connectivity index (χ4n) is 3.20. The highest BCUT2D eigenvalue weighted by atomic mass is 19.3. The molecule has 1 heterocycles. The molecule has 0 amide bonds. The van der Waals surface area contributed by atoms with Gasteiger partial charge in [-0.15, -0.1) is 0 Å². The first-order valence-electron chi connectivity index (χ1n) is 9.80. The van der Waals surface area contributed by atoms with Crippen molar-refractivity contribution in [3.8, 4) is 5.75 Å². The Hall–Kier alpha value is -3.95. The Kier molecular flexibility index (Phi) is 7.04. The van der Waals surface area contributed by atoms with Crippen LogP contribution in [0.5, 0.6) is 5.75 Å². The molecule has 3 N–H and O–H groups in total. The Morgan fingerprint density at radius 2 is 1.72 bits per heavy atom. The van der Waals surface area contributed by atoms with Crippen LogP contribution in [0.1, 0.15) is 22.8 Å². The Morgan fingerprint density at radius 3 is 2.31 bits per heavy atom. The Balaban J connectivity index is 1.87. The van der Waals surface area contributed by atoms with Gasteiger partial charge in [-0.25, -0.2) is 4.79 Å². The molecule has 0 spiro atoms. The van der Waals surface area contributed by atoms with Gasteiger partial charge < -0.3 is 15.8 Å². The minimum Gasteiger partial charge on any atom is -0.435 e. The molecule has 0 fully saturated rings. The summed E-state index contributed by atoms with van der Waals surface area (Å²) in [6.45, 7) is -1.43. The second kappa shape index (κ2) is 9.90. The number of nitrogen functional groups attached to an aromatic ring is 1. The van der Waals surface area contributed by atoms with Gasteiger partial charge >= 0.3 is 12.3 Å². The van der Waals surface area contributed by atoms with Crippen LogP contribution in [0.25, 0.3) is 0 Å². The van der Waals surface area contributed by atoms with Gasteiger partial charge in [-0.1, -0.05) is 30.3 Å². The van der Waals surface area contributed by atoms with Crippen molar-refractivity contribution < 1.29 is 18.3 Å². The summed E-state index contributed by atoms with van der Waals surface area (Å²) in [5.74, 6) is -0.842. The molecule has 0 saturated carbocycles. The van der Waals surface area contributed by atoms with Gasteiger partial charge in [0.05, 0.1) is 13.1 Å². The summed E-state index contributed by atoms with van der Waals surface area (Å²) in [5.41, 5.74) is 5.70. The maximum Gasteiger partial charge on any atom is 0.387 e. The first kappa shape index (κ1) is 22.7. The number of anilines is 2. The molecule has 8 nitrogen and oxygen atoms in total. The number of carbonyl (C=O) groups excluding carboxylic acids is 1. The van der Waals surface area contributed by atoms with E-state index in [9.17, 15) is 23.2 Å². The Bertz CT molecular complexity index is 1210. The number of halogens is 2. The maximum absolute atomic E-state index is 12.9. The summed E-state index contributed by atoms with van der Waals surface area (Å²) in [6.07, 6.45) is 0. The van der Waals surface area contributed by atoms with Crippen LogP contribution in [-0.4, -0.2) is 28.1 Å². The number of ether oxygens (including phenoxy) is 1. The van der Waals surface area contributed by atoms with E-state index < -0.39 is 23.6 Å². The molecule has 2 aromatic carbocycles. The van der Waals surface area contributed by atoms with E-state index in [1.807, 2.05) is 6.07 Å². The molecule has 0 radical (unpaired) electrons. The summed E-state index contributed by atoms with van der Waals surface area (Å²) in [4.78, 5) is 38.4. The van der Waals surface area contributed by atoms with E-state index in [0.29, 0.717) is 5.69 Å². The second-order valence-corrected chi connectivity index (χ2v) is 6.84. The molecule has 1 aromatic heterocycles. The zero-order valence-corrected chi connectivity index (χ0v) is 17.3. The normalized spacial score (nSPS) is 10.9. The van der Waals surface area contributed by atoms with Gasteiger partial charge in [-0.2, -0.15) is 8.78 Å². The number of benzene rings is 2. The molecule has 0 bridgehead atoms. The average Bonchev–Trinajstić information content (AvgIpc) is 2.77. The first-order valence-corrected chi connectivity index (χ1v) is 9.80. The summed E-state index contributed by atoms with van der Waals surface area (Å²) in [7, 11) is 0. The number of nitrogens with one attached hydrogen (secondary N) is 1. The number of rotatable bonds is 9. The number of Topliss-reactive ketones (excluding diaryl/α,β-unsaturated/α-hetero) is 1. The van der Waals surface area contributed by atoms with Crippen LogP contribution in [0.3, 0.4) is 0 Å².